The van der Waals surface area contributed by atoms with Crippen LogP contribution < -0.4 is 0 Å². The average molecular weight is 713 g/mol. The Hall–Kier alpha value is -7.03. The second kappa shape index (κ2) is 11.5. The van der Waals surface area contributed by atoms with Crippen molar-refractivity contribution in [1.82, 2.24) is 9.55 Å². The quantitative estimate of drug-likeness (QED) is 0.178. The zero-order valence-corrected chi connectivity index (χ0v) is 31.2. The second-order valence-corrected chi connectivity index (χ2v) is 15.9. The lowest BCUT2D eigenvalue weighted by Crippen LogP contribution is -2.14. The number of rotatable bonds is 4. The Bertz CT molecular complexity index is 3250. The van der Waals surface area contributed by atoms with Crippen molar-refractivity contribution in [3.8, 4) is 72.6 Å². The van der Waals surface area contributed by atoms with Gasteiger partial charge in [-0.25, -0.2) is 4.98 Å². The molecule has 0 N–H and O–H groups in total. The summed E-state index contributed by atoms with van der Waals surface area (Å²) >= 11 is 0. The van der Waals surface area contributed by atoms with Gasteiger partial charge < -0.3 is 4.57 Å². The summed E-state index contributed by atoms with van der Waals surface area (Å²) in [7, 11) is 0. The van der Waals surface area contributed by atoms with Crippen molar-refractivity contribution < 1.29 is 0 Å². The molecule has 2 aliphatic carbocycles. The van der Waals surface area contributed by atoms with Crippen molar-refractivity contribution >= 4 is 32.7 Å². The highest BCUT2D eigenvalue weighted by Gasteiger charge is 2.35. The summed E-state index contributed by atoms with van der Waals surface area (Å²) < 4.78 is 2.41. The fourth-order valence-corrected chi connectivity index (χ4v) is 9.78. The third kappa shape index (κ3) is 4.41. The Balaban J connectivity index is 0.970. The van der Waals surface area contributed by atoms with Crippen LogP contribution in [0.2, 0.25) is 0 Å². The van der Waals surface area contributed by atoms with E-state index in [9.17, 15) is 0 Å². The van der Waals surface area contributed by atoms with E-state index in [0.29, 0.717) is 0 Å². The van der Waals surface area contributed by atoms with Gasteiger partial charge in [0.25, 0.3) is 0 Å². The van der Waals surface area contributed by atoms with Gasteiger partial charge in [-0.15, -0.1) is 0 Å². The Morgan fingerprint density at radius 3 is 1.70 bits per heavy atom. The zero-order chi connectivity index (χ0) is 37.1. The maximum absolute atomic E-state index is 5.17. The van der Waals surface area contributed by atoms with E-state index < -0.39 is 0 Å². The van der Waals surface area contributed by atoms with Crippen LogP contribution in [0.25, 0.3) is 105 Å². The molecule has 8 aromatic carbocycles. The Kier molecular flexibility index (Phi) is 6.43. The molecular formula is C54H36N2. The van der Waals surface area contributed by atoms with Gasteiger partial charge in [-0.3, -0.25) is 0 Å². The van der Waals surface area contributed by atoms with Gasteiger partial charge in [0, 0.05) is 32.8 Å². The molecule has 262 valence electrons. The van der Waals surface area contributed by atoms with E-state index in [-0.39, 0.29) is 5.41 Å². The predicted molar refractivity (Wildman–Crippen MR) is 234 cm³/mol. The van der Waals surface area contributed by atoms with Crippen LogP contribution in [0.5, 0.6) is 0 Å². The number of pyridine rings is 1. The van der Waals surface area contributed by atoms with E-state index in [1.165, 1.54) is 94.0 Å². The molecule has 56 heavy (non-hydrogen) atoms. The van der Waals surface area contributed by atoms with Gasteiger partial charge in [-0.2, -0.15) is 0 Å². The average Bonchev–Trinajstić information content (AvgIpc) is 3.84. The van der Waals surface area contributed by atoms with E-state index in [1.54, 1.807) is 0 Å². The standard InChI is InChI=1S/C54H36N2/c1-54(2)47-17-9-8-15-41(47)42-26-23-37(31-48(42)54)36-25-28-52-45(30-36)44-29-35(24-27-51(44)56(52)38-11-4-3-5-12-38)33-19-21-34(22-20-33)50-32-46-40-14-7-6-13-39(40)43-16-10-18-49(55-50)53(43)46/h3-32H,1-2H3. The SMILES string of the molecule is CC1(C)c2ccccc2-c2ccc(-c3ccc4c(c3)c3cc(-c5ccc(-c6cc7c8c(cccc8n6)-c6ccccc6-7)cc5)ccc3n4-c3ccccc3)cc21. The molecule has 0 radical (unpaired) electrons. The minimum Gasteiger partial charge on any atom is -0.309 e. The maximum Gasteiger partial charge on any atom is 0.0722 e. The van der Waals surface area contributed by atoms with Crippen LogP contribution in [0, 0.1) is 0 Å². The van der Waals surface area contributed by atoms with Gasteiger partial charge in [-0.05, 0) is 121 Å². The molecule has 0 bridgehead atoms. The van der Waals surface area contributed by atoms with Crippen LogP contribution in [0.3, 0.4) is 0 Å². The minimum atomic E-state index is -0.0454. The van der Waals surface area contributed by atoms with Gasteiger partial charge in [0.05, 0.1) is 22.2 Å². The highest BCUT2D eigenvalue weighted by Crippen LogP contribution is 2.50. The third-order valence-corrected chi connectivity index (χ3v) is 12.6. The maximum atomic E-state index is 5.17. The minimum absolute atomic E-state index is 0.0454. The Morgan fingerprint density at radius 1 is 0.393 bits per heavy atom. The number of para-hydroxylation sites is 1. The van der Waals surface area contributed by atoms with Crippen LogP contribution in [-0.2, 0) is 5.41 Å². The number of aromatic nitrogens is 2. The monoisotopic (exact) mass is 712 g/mol. The molecule has 2 aromatic heterocycles. The topological polar surface area (TPSA) is 17.8 Å². The van der Waals surface area contributed by atoms with E-state index in [0.717, 1.165) is 22.5 Å². The predicted octanol–water partition coefficient (Wildman–Crippen LogP) is 14.3. The molecule has 0 atom stereocenters. The fourth-order valence-electron chi connectivity index (χ4n) is 9.78. The molecule has 2 nitrogen and oxygen atoms in total. The first-order valence-electron chi connectivity index (χ1n) is 19.5. The second-order valence-electron chi connectivity index (χ2n) is 15.9. The van der Waals surface area contributed by atoms with Gasteiger partial charge >= 0.3 is 0 Å². The van der Waals surface area contributed by atoms with E-state index in [1.807, 2.05) is 0 Å². The highest BCUT2D eigenvalue weighted by molar-refractivity contribution is 6.15. The summed E-state index contributed by atoms with van der Waals surface area (Å²) in [5, 5.41) is 3.75. The highest BCUT2D eigenvalue weighted by atomic mass is 15.0. The van der Waals surface area contributed by atoms with E-state index >= 15 is 0 Å². The van der Waals surface area contributed by atoms with Crippen LogP contribution in [0.15, 0.2) is 182 Å². The summed E-state index contributed by atoms with van der Waals surface area (Å²) in [6, 6.07) is 67.0. The molecular weight excluding hydrogens is 677 g/mol. The lowest BCUT2D eigenvalue weighted by molar-refractivity contribution is 0.660. The summed E-state index contributed by atoms with van der Waals surface area (Å²) in [6.07, 6.45) is 0. The molecule has 0 spiro atoms. The molecule has 2 heteroatoms. The fraction of sp³-hybridized carbons (Fsp3) is 0.0556. The number of hydrogen-bond acceptors (Lipinski definition) is 1. The summed E-state index contributed by atoms with van der Waals surface area (Å²) in [6.45, 7) is 4.71. The molecule has 10 aromatic rings. The lowest BCUT2D eigenvalue weighted by Gasteiger charge is -2.22. The number of benzene rings is 8. The van der Waals surface area contributed by atoms with E-state index in [2.05, 4.69) is 200 Å². The smallest absolute Gasteiger partial charge is 0.0722 e. The molecule has 0 aliphatic heterocycles. The zero-order valence-electron chi connectivity index (χ0n) is 31.2. The largest absolute Gasteiger partial charge is 0.309 e. The normalized spacial score (nSPS) is 13.3. The first-order valence-corrected chi connectivity index (χ1v) is 19.5. The van der Waals surface area contributed by atoms with Gasteiger partial charge in [0.15, 0.2) is 0 Å². The molecule has 0 unspecified atom stereocenters. The summed E-state index contributed by atoms with van der Waals surface area (Å²) in [5.74, 6) is 0. The van der Waals surface area contributed by atoms with Crippen LogP contribution in [0.4, 0.5) is 0 Å². The summed E-state index contributed by atoms with van der Waals surface area (Å²) in [5.41, 5.74) is 22.2. The van der Waals surface area contributed by atoms with Crippen LogP contribution in [0.1, 0.15) is 25.0 Å². The first-order chi connectivity index (χ1) is 27.5. The lowest BCUT2D eigenvalue weighted by atomic mass is 9.81. The van der Waals surface area contributed by atoms with Crippen molar-refractivity contribution in [3.63, 3.8) is 0 Å². The van der Waals surface area contributed by atoms with Crippen molar-refractivity contribution in [2.75, 3.05) is 0 Å². The molecule has 0 saturated carbocycles. The van der Waals surface area contributed by atoms with Crippen molar-refractivity contribution in [2.45, 2.75) is 19.3 Å². The number of fused-ring (bicyclic) bond motifs is 9. The summed E-state index contributed by atoms with van der Waals surface area (Å²) in [4.78, 5) is 5.17. The van der Waals surface area contributed by atoms with Crippen molar-refractivity contribution in [3.05, 3.63) is 193 Å². The van der Waals surface area contributed by atoms with Gasteiger partial charge in [-0.1, -0.05) is 141 Å². The molecule has 12 rings (SSSR count). The third-order valence-electron chi connectivity index (χ3n) is 12.6. The van der Waals surface area contributed by atoms with Crippen molar-refractivity contribution in [2.24, 2.45) is 0 Å². The molecule has 0 amide bonds. The number of hydrogen-bond donors (Lipinski definition) is 0. The van der Waals surface area contributed by atoms with Crippen LogP contribution in [-0.4, -0.2) is 9.55 Å². The number of nitrogens with zero attached hydrogens (tertiary/aromatic N) is 2. The molecule has 0 fully saturated rings. The Labute approximate surface area is 326 Å². The molecule has 2 heterocycles. The Morgan fingerprint density at radius 2 is 0.946 bits per heavy atom. The molecule has 0 saturated heterocycles. The van der Waals surface area contributed by atoms with E-state index in [4.69, 9.17) is 4.98 Å². The van der Waals surface area contributed by atoms with Crippen molar-refractivity contribution in [1.29, 1.82) is 0 Å². The molecule has 2 aliphatic rings. The van der Waals surface area contributed by atoms with Gasteiger partial charge in [0.1, 0.15) is 0 Å². The van der Waals surface area contributed by atoms with Crippen LogP contribution >= 0.6 is 0 Å². The first kappa shape index (κ1) is 31.3. The van der Waals surface area contributed by atoms with Gasteiger partial charge in [0.2, 0.25) is 0 Å².